The summed E-state index contributed by atoms with van der Waals surface area (Å²) in [4.78, 5) is 19.6. The quantitative estimate of drug-likeness (QED) is 0.370. The van der Waals surface area contributed by atoms with Crippen molar-refractivity contribution in [2.45, 2.75) is 31.6 Å². The number of alkyl halides is 2. The van der Waals surface area contributed by atoms with Crippen molar-refractivity contribution in [3.8, 4) is 28.5 Å². The molecule has 1 saturated heterocycles. The van der Waals surface area contributed by atoms with Crippen molar-refractivity contribution in [1.29, 1.82) is 0 Å². The largest absolute Gasteiger partial charge is 0.496 e. The summed E-state index contributed by atoms with van der Waals surface area (Å²) in [6.45, 7) is 1.16. The van der Waals surface area contributed by atoms with Crippen LogP contribution in [0.15, 0.2) is 36.7 Å². The summed E-state index contributed by atoms with van der Waals surface area (Å²) in [6.07, 6.45) is 4.99. The van der Waals surface area contributed by atoms with Gasteiger partial charge in [-0.25, -0.2) is 4.98 Å². The van der Waals surface area contributed by atoms with Crippen LogP contribution in [0.25, 0.3) is 16.9 Å². The number of fused-ring (bicyclic) bond motifs is 1. The van der Waals surface area contributed by atoms with Crippen molar-refractivity contribution in [2.75, 3.05) is 53.7 Å². The fourth-order valence-electron chi connectivity index (χ4n) is 4.52. The van der Waals surface area contributed by atoms with Crippen LogP contribution >= 0.6 is 0 Å². The van der Waals surface area contributed by atoms with Gasteiger partial charge in [-0.05, 0) is 31.0 Å². The lowest BCUT2D eigenvalue weighted by atomic mass is 10.1. The normalized spacial score (nSPS) is 16.8. The molecule has 1 saturated carbocycles. The van der Waals surface area contributed by atoms with Crippen LogP contribution in [0.1, 0.15) is 23.2 Å². The van der Waals surface area contributed by atoms with Crippen LogP contribution in [-0.4, -0.2) is 92.6 Å². The monoisotopic (exact) mass is 546 g/mol. The van der Waals surface area contributed by atoms with E-state index in [0.29, 0.717) is 42.5 Å². The molecule has 210 valence electrons. The molecule has 1 atom stereocenters. The molecule has 0 bridgehead atoms. The molecule has 2 fully saturated rings. The van der Waals surface area contributed by atoms with Gasteiger partial charge < -0.3 is 29.0 Å². The first-order valence-electron chi connectivity index (χ1n) is 12.9. The summed E-state index contributed by atoms with van der Waals surface area (Å²) in [7, 11) is 3.04. The number of halogens is 2. The molecule has 3 aromatic rings. The molecule has 1 aromatic carbocycles. The lowest BCUT2D eigenvalue weighted by Crippen LogP contribution is -2.43. The number of amides is 1. The fourth-order valence-corrected chi connectivity index (χ4v) is 4.52. The highest BCUT2D eigenvalue weighted by Crippen LogP contribution is 2.37. The average Bonchev–Trinajstić information content (AvgIpc) is 3.65. The molecule has 1 unspecified atom stereocenters. The Balaban J connectivity index is 1.36. The minimum Gasteiger partial charge on any atom is -0.496 e. The van der Waals surface area contributed by atoms with Crippen LogP contribution in [0.2, 0.25) is 0 Å². The molecule has 12 heteroatoms. The number of carbonyl (C=O) groups excluding carboxylic acids is 1. The number of carbonyl (C=O) groups is 1. The zero-order valence-corrected chi connectivity index (χ0v) is 21.9. The molecule has 3 heterocycles. The van der Waals surface area contributed by atoms with E-state index >= 15 is 0 Å². The van der Waals surface area contributed by atoms with E-state index in [-0.39, 0.29) is 29.2 Å². The highest BCUT2D eigenvalue weighted by atomic mass is 19.3. The number of imidazole rings is 1. The Morgan fingerprint density at radius 3 is 2.64 bits per heavy atom. The first kappa shape index (κ1) is 27.1. The third-order valence-electron chi connectivity index (χ3n) is 6.76. The molecule has 1 amide bonds. The number of hydrogen-bond donors (Lipinski definition) is 1. The predicted octanol–water partition coefficient (Wildman–Crippen LogP) is 3.23. The Labute approximate surface area is 224 Å². The summed E-state index contributed by atoms with van der Waals surface area (Å²) in [5, 5.41) is 2.80. The number of pyridine rings is 1. The van der Waals surface area contributed by atoms with Crippen molar-refractivity contribution in [3.63, 3.8) is 0 Å². The maximum Gasteiger partial charge on any atom is 0.387 e. The number of hydrogen-bond acceptors (Lipinski definition) is 8. The van der Waals surface area contributed by atoms with Gasteiger partial charge in [-0.1, -0.05) is 0 Å². The second-order valence-corrected chi connectivity index (χ2v) is 9.49. The molecule has 2 aromatic heterocycles. The van der Waals surface area contributed by atoms with Gasteiger partial charge in [-0.2, -0.15) is 8.78 Å². The van der Waals surface area contributed by atoms with Gasteiger partial charge >= 0.3 is 6.61 Å². The number of nitrogens with zero attached hydrogens (tertiary/aromatic N) is 3. The van der Waals surface area contributed by atoms with Gasteiger partial charge in [0.2, 0.25) is 0 Å². The maximum atomic E-state index is 13.3. The van der Waals surface area contributed by atoms with E-state index in [1.165, 1.54) is 13.2 Å². The predicted molar refractivity (Wildman–Crippen MR) is 138 cm³/mol. The molecule has 1 N–H and O–H groups in total. The van der Waals surface area contributed by atoms with E-state index in [9.17, 15) is 13.6 Å². The second kappa shape index (κ2) is 12.1. The minimum absolute atomic E-state index is 0.0370. The van der Waals surface area contributed by atoms with Crippen molar-refractivity contribution in [3.05, 3.63) is 42.2 Å². The summed E-state index contributed by atoms with van der Waals surface area (Å²) in [5.41, 5.74) is 1.63. The Morgan fingerprint density at radius 1 is 1.18 bits per heavy atom. The van der Waals surface area contributed by atoms with Crippen LogP contribution in [0, 0.1) is 0 Å². The highest BCUT2D eigenvalue weighted by molar-refractivity contribution is 6.01. The molecule has 2 aliphatic rings. The van der Waals surface area contributed by atoms with Gasteiger partial charge in [-0.3, -0.25) is 14.1 Å². The zero-order valence-electron chi connectivity index (χ0n) is 21.9. The molecule has 10 nitrogen and oxygen atoms in total. The Hall–Kier alpha value is -3.48. The Bertz CT molecular complexity index is 1290. The SMILES string of the molecule is COc1cc(-c2cnc3cc(OCC(CN4CCOCC4)OC)ccn23)cc(OC(F)F)c1C(=O)NC1CC1. The first-order valence-corrected chi connectivity index (χ1v) is 12.9. The standard InChI is InChI=1S/C27H32F2N4O6/c1-35-20(15-32-7-9-37-10-8-32)16-38-19-5-6-33-21(14-30-24(33)13-19)17-11-22(36-2)25(23(12-17)39-27(28)29)26(34)31-18-3-4-18/h5-6,11-14,18,20,27H,3-4,7-10,15-16H2,1-2H3,(H,31,34). The number of nitrogens with one attached hydrogen (secondary N) is 1. The van der Waals surface area contributed by atoms with Gasteiger partial charge in [0.15, 0.2) is 0 Å². The lowest BCUT2D eigenvalue weighted by molar-refractivity contribution is -0.0502. The van der Waals surface area contributed by atoms with Crippen LogP contribution in [0.3, 0.4) is 0 Å². The highest BCUT2D eigenvalue weighted by Gasteiger charge is 2.29. The lowest BCUT2D eigenvalue weighted by Gasteiger charge is -2.29. The number of aromatic nitrogens is 2. The molecular weight excluding hydrogens is 514 g/mol. The summed E-state index contributed by atoms with van der Waals surface area (Å²) >= 11 is 0. The number of rotatable bonds is 12. The van der Waals surface area contributed by atoms with E-state index in [1.54, 1.807) is 42.1 Å². The Kier molecular flexibility index (Phi) is 8.44. The topological polar surface area (TPSA) is 95.8 Å². The van der Waals surface area contributed by atoms with Gasteiger partial charge in [0.25, 0.3) is 5.91 Å². The summed E-state index contributed by atoms with van der Waals surface area (Å²) in [6, 6.07) is 6.64. The van der Waals surface area contributed by atoms with Crippen LogP contribution < -0.4 is 19.5 Å². The fraction of sp³-hybridized carbons (Fsp3) is 0.481. The summed E-state index contributed by atoms with van der Waals surface area (Å²) < 4.78 is 55.5. The van der Waals surface area contributed by atoms with Crippen LogP contribution in [-0.2, 0) is 9.47 Å². The number of methoxy groups -OCH3 is 2. The van der Waals surface area contributed by atoms with Crippen molar-refractivity contribution in [2.24, 2.45) is 0 Å². The van der Waals surface area contributed by atoms with Gasteiger partial charge in [-0.15, -0.1) is 0 Å². The van der Waals surface area contributed by atoms with Crippen molar-refractivity contribution in [1.82, 2.24) is 19.6 Å². The molecule has 1 aliphatic heterocycles. The minimum atomic E-state index is -3.11. The summed E-state index contributed by atoms with van der Waals surface area (Å²) in [5.74, 6) is -0.0325. The Morgan fingerprint density at radius 2 is 1.95 bits per heavy atom. The van der Waals surface area contributed by atoms with E-state index in [2.05, 4.69) is 15.2 Å². The smallest absolute Gasteiger partial charge is 0.387 e. The van der Waals surface area contributed by atoms with Crippen LogP contribution in [0.4, 0.5) is 8.78 Å². The third kappa shape index (κ3) is 6.57. The van der Waals surface area contributed by atoms with E-state index in [4.69, 9.17) is 23.7 Å². The number of ether oxygens (including phenoxy) is 5. The van der Waals surface area contributed by atoms with E-state index in [1.807, 2.05) is 0 Å². The van der Waals surface area contributed by atoms with Gasteiger partial charge in [0.1, 0.15) is 41.2 Å². The van der Waals surface area contributed by atoms with Crippen molar-refractivity contribution < 1.29 is 37.3 Å². The molecule has 0 spiro atoms. The van der Waals surface area contributed by atoms with E-state index in [0.717, 1.165) is 32.5 Å². The number of morpholine rings is 1. The maximum absolute atomic E-state index is 13.3. The van der Waals surface area contributed by atoms with Crippen LogP contribution in [0.5, 0.6) is 17.2 Å². The molecule has 1 aliphatic carbocycles. The zero-order chi connectivity index (χ0) is 27.4. The third-order valence-corrected chi connectivity index (χ3v) is 6.76. The van der Waals surface area contributed by atoms with Gasteiger partial charge in [0, 0.05) is 50.6 Å². The molecule has 5 rings (SSSR count). The first-order chi connectivity index (χ1) is 18.9. The molecule has 39 heavy (non-hydrogen) atoms. The van der Waals surface area contributed by atoms with Gasteiger partial charge in [0.05, 0.1) is 32.2 Å². The molecule has 0 radical (unpaired) electrons. The second-order valence-electron chi connectivity index (χ2n) is 9.49. The van der Waals surface area contributed by atoms with E-state index < -0.39 is 12.5 Å². The number of benzene rings is 1. The average molecular weight is 547 g/mol. The van der Waals surface area contributed by atoms with Crippen molar-refractivity contribution >= 4 is 11.6 Å². The molecular formula is C27H32F2N4O6.